The Bertz CT molecular complexity index is 254. The Balaban J connectivity index is 1.61. The van der Waals surface area contributed by atoms with Crippen LogP contribution in [0.15, 0.2) is 0 Å². The van der Waals surface area contributed by atoms with Gasteiger partial charge in [0.2, 0.25) is 0 Å². The largest absolute Gasteiger partial charge is 0.315 e. The topological polar surface area (TPSA) is 18.5 Å². The van der Waals surface area contributed by atoms with Crippen LogP contribution in [0.3, 0.4) is 0 Å². The van der Waals surface area contributed by atoms with Gasteiger partial charge in [-0.25, -0.2) is 0 Å². The van der Waals surface area contributed by atoms with Gasteiger partial charge in [0.1, 0.15) is 0 Å². The third-order valence-electron chi connectivity index (χ3n) is 4.88. The first-order valence-electron chi connectivity index (χ1n) is 8.33. The SMILES string of the molecule is CC(C)NCCCCN1CCC2C(CCCN2C)C1. The van der Waals surface area contributed by atoms with Gasteiger partial charge in [0, 0.05) is 18.6 Å². The minimum Gasteiger partial charge on any atom is -0.315 e. The summed E-state index contributed by atoms with van der Waals surface area (Å²) >= 11 is 0. The van der Waals surface area contributed by atoms with Crippen molar-refractivity contribution < 1.29 is 0 Å². The number of rotatable bonds is 6. The van der Waals surface area contributed by atoms with E-state index in [1.807, 2.05) is 0 Å². The second-order valence-electron chi connectivity index (χ2n) is 6.86. The summed E-state index contributed by atoms with van der Waals surface area (Å²) in [5.74, 6) is 0.946. The number of hydrogen-bond acceptors (Lipinski definition) is 3. The number of hydrogen-bond donors (Lipinski definition) is 1. The van der Waals surface area contributed by atoms with E-state index < -0.39 is 0 Å². The van der Waals surface area contributed by atoms with E-state index in [1.165, 1.54) is 64.8 Å². The molecule has 0 amide bonds. The molecule has 112 valence electrons. The molecule has 3 heteroatoms. The van der Waals surface area contributed by atoms with E-state index in [2.05, 4.69) is 36.0 Å². The molecule has 2 heterocycles. The van der Waals surface area contributed by atoms with Crippen LogP contribution in [-0.2, 0) is 0 Å². The van der Waals surface area contributed by atoms with Crippen molar-refractivity contribution in [1.29, 1.82) is 0 Å². The molecule has 2 rings (SSSR count). The van der Waals surface area contributed by atoms with Crippen LogP contribution in [-0.4, -0.2) is 61.7 Å². The van der Waals surface area contributed by atoms with E-state index in [-0.39, 0.29) is 0 Å². The third kappa shape index (κ3) is 4.73. The van der Waals surface area contributed by atoms with Crippen molar-refractivity contribution in [2.24, 2.45) is 5.92 Å². The smallest absolute Gasteiger partial charge is 0.0145 e. The fourth-order valence-corrected chi connectivity index (χ4v) is 3.78. The number of piperidine rings is 2. The van der Waals surface area contributed by atoms with E-state index in [9.17, 15) is 0 Å². The molecule has 0 spiro atoms. The summed E-state index contributed by atoms with van der Waals surface area (Å²) in [6.45, 7) is 10.9. The maximum absolute atomic E-state index is 3.51. The fourth-order valence-electron chi connectivity index (χ4n) is 3.78. The summed E-state index contributed by atoms with van der Waals surface area (Å²) in [6, 6.07) is 1.51. The number of likely N-dealkylation sites (tertiary alicyclic amines) is 2. The van der Waals surface area contributed by atoms with Gasteiger partial charge >= 0.3 is 0 Å². The summed E-state index contributed by atoms with van der Waals surface area (Å²) in [5.41, 5.74) is 0. The zero-order valence-electron chi connectivity index (χ0n) is 13.2. The van der Waals surface area contributed by atoms with Gasteiger partial charge in [-0.2, -0.15) is 0 Å². The summed E-state index contributed by atoms with van der Waals surface area (Å²) in [7, 11) is 2.32. The monoisotopic (exact) mass is 267 g/mol. The molecule has 0 aromatic rings. The lowest BCUT2D eigenvalue weighted by Gasteiger charge is -2.46. The molecule has 2 aliphatic heterocycles. The van der Waals surface area contributed by atoms with Crippen LogP contribution in [0.25, 0.3) is 0 Å². The summed E-state index contributed by atoms with van der Waals surface area (Å²) in [4.78, 5) is 5.33. The van der Waals surface area contributed by atoms with Crippen molar-refractivity contribution in [3.8, 4) is 0 Å². The second-order valence-corrected chi connectivity index (χ2v) is 6.86. The van der Waals surface area contributed by atoms with Crippen molar-refractivity contribution in [3.63, 3.8) is 0 Å². The molecule has 2 unspecified atom stereocenters. The normalized spacial score (nSPS) is 29.7. The standard InChI is InChI=1S/C16H33N3/c1-14(2)17-9-4-5-11-19-12-8-16-15(13-19)7-6-10-18(16)3/h14-17H,4-13H2,1-3H3. The Kier molecular flexibility index (Phi) is 6.11. The molecule has 2 saturated heterocycles. The highest BCUT2D eigenvalue weighted by Crippen LogP contribution is 2.29. The van der Waals surface area contributed by atoms with Gasteiger partial charge in [-0.05, 0) is 71.2 Å². The van der Waals surface area contributed by atoms with Gasteiger partial charge in [-0.15, -0.1) is 0 Å². The van der Waals surface area contributed by atoms with Gasteiger partial charge < -0.3 is 15.1 Å². The molecule has 3 nitrogen and oxygen atoms in total. The first kappa shape index (κ1) is 15.3. The molecule has 2 fully saturated rings. The summed E-state index contributed by atoms with van der Waals surface area (Å²) in [6.07, 6.45) is 6.94. The molecule has 0 aromatic carbocycles. The highest BCUT2D eigenvalue weighted by Gasteiger charge is 2.33. The molecule has 1 N–H and O–H groups in total. The molecule has 0 aliphatic carbocycles. The van der Waals surface area contributed by atoms with Gasteiger partial charge in [0.05, 0.1) is 0 Å². The van der Waals surface area contributed by atoms with Gasteiger partial charge in [0.15, 0.2) is 0 Å². The molecular formula is C16H33N3. The number of nitrogens with one attached hydrogen (secondary N) is 1. The lowest BCUT2D eigenvalue weighted by molar-refractivity contribution is 0.0381. The first-order chi connectivity index (χ1) is 9.16. The van der Waals surface area contributed by atoms with E-state index >= 15 is 0 Å². The lowest BCUT2D eigenvalue weighted by Crippen LogP contribution is -2.52. The maximum atomic E-state index is 3.51. The van der Waals surface area contributed by atoms with Crippen molar-refractivity contribution in [2.45, 2.75) is 58.0 Å². The van der Waals surface area contributed by atoms with E-state index in [4.69, 9.17) is 0 Å². The maximum Gasteiger partial charge on any atom is 0.0145 e. The third-order valence-corrected chi connectivity index (χ3v) is 4.88. The number of nitrogens with zero attached hydrogens (tertiary/aromatic N) is 2. The Labute approximate surface area is 119 Å². The van der Waals surface area contributed by atoms with Gasteiger partial charge in [0.25, 0.3) is 0 Å². The summed E-state index contributed by atoms with van der Waals surface area (Å²) in [5, 5.41) is 3.51. The van der Waals surface area contributed by atoms with Crippen molar-refractivity contribution in [2.75, 3.05) is 39.8 Å². The van der Waals surface area contributed by atoms with Crippen molar-refractivity contribution in [1.82, 2.24) is 15.1 Å². The molecule has 0 saturated carbocycles. The van der Waals surface area contributed by atoms with Crippen LogP contribution in [0, 0.1) is 5.92 Å². The van der Waals surface area contributed by atoms with Crippen LogP contribution in [0.5, 0.6) is 0 Å². The van der Waals surface area contributed by atoms with E-state index in [0.717, 1.165) is 12.0 Å². The molecule has 0 radical (unpaired) electrons. The van der Waals surface area contributed by atoms with E-state index in [1.54, 1.807) is 0 Å². The minimum absolute atomic E-state index is 0.633. The zero-order chi connectivity index (χ0) is 13.7. The van der Waals surface area contributed by atoms with Crippen LogP contribution < -0.4 is 5.32 Å². The predicted molar refractivity (Wildman–Crippen MR) is 82.6 cm³/mol. The number of unbranched alkanes of at least 4 members (excludes halogenated alkanes) is 1. The number of fused-ring (bicyclic) bond motifs is 1. The average Bonchev–Trinajstić information content (AvgIpc) is 2.38. The van der Waals surface area contributed by atoms with Gasteiger partial charge in [-0.1, -0.05) is 13.8 Å². The molecule has 19 heavy (non-hydrogen) atoms. The zero-order valence-corrected chi connectivity index (χ0v) is 13.2. The highest BCUT2D eigenvalue weighted by atomic mass is 15.2. The van der Waals surface area contributed by atoms with Crippen molar-refractivity contribution in [3.05, 3.63) is 0 Å². The lowest BCUT2D eigenvalue weighted by atomic mass is 9.84. The first-order valence-corrected chi connectivity index (χ1v) is 8.33. The second kappa shape index (κ2) is 7.61. The predicted octanol–water partition coefficient (Wildman–Crippen LogP) is 2.18. The fraction of sp³-hybridized carbons (Fsp3) is 1.00. The minimum atomic E-state index is 0.633. The molecule has 2 aliphatic rings. The van der Waals surface area contributed by atoms with Crippen LogP contribution in [0.2, 0.25) is 0 Å². The Hall–Kier alpha value is -0.120. The Morgan fingerprint density at radius 3 is 2.79 bits per heavy atom. The Morgan fingerprint density at radius 2 is 2.00 bits per heavy atom. The van der Waals surface area contributed by atoms with E-state index in [0.29, 0.717) is 6.04 Å². The molecule has 0 bridgehead atoms. The highest BCUT2D eigenvalue weighted by molar-refractivity contribution is 4.89. The molecule has 2 atom stereocenters. The van der Waals surface area contributed by atoms with Gasteiger partial charge in [-0.3, -0.25) is 0 Å². The molecular weight excluding hydrogens is 234 g/mol. The molecule has 0 aromatic heterocycles. The Morgan fingerprint density at radius 1 is 1.16 bits per heavy atom. The van der Waals surface area contributed by atoms with Crippen LogP contribution in [0.1, 0.15) is 46.0 Å². The summed E-state index contributed by atoms with van der Waals surface area (Å²) < 4.78 is 0. The van der Waals surface area contributed by atoms with Crippen LogP contribution >= 0.6 is 0 Å². The average molecular weight is 267 g/mol. The van der Waals surface area contributed by atoms with Crippen molar-refractivity contribution >= 4 is 0 Å². The van der Waals surface area contributed by atoms with Crippen LogP contribution in [0.4, 0.5) is 0 Å². The quantitative estimate of drug-likeness (QED) is 0.744.